The van der Waals surface area contributed by atoms with Crippen LogP contribution in [0, 0.1) is 13.8 Å². The van der Waals surface area contributed by atoms with Gasteiger partial charge in [-0.1, -0.05) is 9.97 Å². The number of nitrogen functional groups attached to an aromatic ring is 3. The summed E-state index contributed by atoms with van der Waals surface area (Å²) in [5.41, 5.74) is 16.6. The number of anilines is 3. The fraction of sp³-hybridized carbons (Fsp3) is 0.500. The number of rotatable bonds is 12. The summed E-state index contributed by atoms with van der Waals surface area (Å²) in [4.78, 5) is 107. The lowest BCUT2D eigenvalue weighted by Gasteiger charge is -2.17. The van der Waals surface area contributed by atoms with Gasteiger partial charge in [-0.2, -0.15) is 9.55 Å². The summed E-state index contributed by atoms with van der Waals surface area (Å²) in [6, 6.07) is 0. The molecule has 0 bridgehead atoms. The Kier molecular flexibility index (Phi) is 19.7. The highest BCUT2D eigenvalue weighted by atomic mass is 31.1. The number of nitrogens with zero attached hydrogens (tertiary/aromatic N) is 8. The monoisotopic (exact) mass is 1200 g/mol. The van der Waals surface area contributed by atoms with E-state index in [2.05, 4.69) is 48.9 Å². The number of H-pyrrole nitrogens is 4. The molecule has 8 unspecified atom stereocenters. The zero-order valence-corrected chi connectivity index (χ0v) is 43.9. The van der Waals surface area contributed by atoms with Gasteiger partial charge in [-0.05, 0) is 13.8 Å². The van der Waals surface area contributed by atoms with Crippen LogP contribution in [0.25, 0.3) is 22.3 Å². The highest BCUT2D eigenvalue weighted by Crippen LogP contribution is 2.35. The molecule has 4 aliphatic rings. The predicted molar refractivity (Wildman–Crippen MR) is 256 cm³/mol. The van der Waals surface area contributed by atoms with Crippen LogP contribution in [0.1, 0.15) is 36.0 Å². The zero-order valence-electron chi connectivity index (χ0n) is 40.4. The van der Waals surface area contributed by atoms with Gasteiger partial charge in [0.15, 0.2) is 54.5 Å². The van der Waals surface area contributed by atoms with Gasteiger partial charge in [-0.25, -0.2) is 19.1 Å². The topological polar surface area (TPSA) is 583 Å². The van der Waals surface area contributed by atoms with E-state index < -0.39 is 129 Å². The molecule has 79 heavy (non-hydrogen) atoms. The molecule has 10 heterocycles. The van der Waals surface area contributed by atoms with Crippen LogP contribution in [0.2, 0.25) is 0 Å². The maximum atomic E-state index is 11.7. The van der Waals surface area contributed by atoms with E-state index in [-0.39, 0.29) is 60.7 Å². The average molecular weight is 1200 g/mol. The minimum atomic E-state index is -2.96. The van der Waals surface area contributed by atoms with E-state index in [1.54, 1.807) is 6.92 Å². The van der Waals surface area contributed by atoms with Gasteiger partial charge >= 0.3 is 55.9 Å². The van der Waals surface area contributed by atoms with Crippen LogP contribution in [0.4, 0.5) is 17.6 Å². The number of nitrogens with one attached hydrogen (secondary N) is 4. The first kappa shape index (κ1) is 60.3. The van der Waals surface area contributed by atoms with Gasteiger partial charge in [0.05, 0.1) is 26.4 Å². The molecule has 4 saturated heterocycles. The smallest absolute Gasteiger partial charge is 0.388 e. The van der Waals surface area contributed by atoms with Crippen molar-refractivity contribution in [3.05, 3.63) is 84.2 Å². The molecule has 39 nitrogen and oxygen atoms in total. The standard InChI is InChI=1S/C9H10N5O6P.C9H10N5O5P.C9H12N3O6P.C9H11N2O7P/c10-9-13-7(16)4-6(12-2-11-4)14(9)8-5(20-21(17)18)3(15)1-19-8;10-7-5-8(12-2-11-5)14(3-13-7)9-6(19-20(16)17)4(15)1-18-9;1-4-2-12(9(14)11-7(4)10)8-6(18-19(15)16)5(13)3-17-8;1-4-2-11(9(14)10-7(4)13)8-6(18-19(15)16)5(12)3-17-8/h2-3,5,8,15H,1H2,(H3-,10,11,12,13,16,17,18);2-4,6,9,15H,1H2,(H2-,10,11,12,16,17);2,5-6,8,13H,3H2,1H3,(H2-,10,11,14,15,16);2,5-6,8,12H,3H2,1H3,(H-,10,13,14,15,16)/p+6/t3-,5?,8-;4-,6?,9-;2*5-,6?,8-/m1111/s1. The van der Waals surface area contributed by atoms with Crippen molar-refractivity contribution in [2.45, 2.75) is 87.6 Å². The maximum Gasteiger partial charge on any atom is 0.695 e. The van der Waals surface area contributed by atoms with Crippen LogP contribution in [-0.2, 0) is 55.3 Å². The number of nitrogens with two attached hydrogens (primary N) is 3. The molecule has 0 aliphatic carbocycles. The molecular weight excluding hydrogens is 1150 g/mol. The first-order valence-electron chi connectivity index (χ1n) is 22.3. The Bertz CT molecular complexity index is 3490. The van der Waals surface area contributed by atoms with E-state index in [1.165, 1.54) is 47.4 Å². The Morgan fingerprint density at radius 3 is 1.63 bits per heavy atom. The first-order chi connectivity index (χ1) is 37.4. The van der Waals surface area contributed by atoms with Crippen molar-refractivity contribution >= 4 is 72.9 Å². The quantitative estimate of drug-likeness (QED) is 0.0402. The van der Waals surface area contributed by atoms with E-state index in [9.17, 15) is 57.9 Å². The van der Waals surface area contributed by atoms with Crippen molar-refractivity contribution < 1.29 is 104 Å². The molecule has 43 heteroatoms. The summed E-state index contributed by atoms with van der Waals surface area (Å²) in [6.07, 6.45) is -6.01. The molecule has 0 spiro atoms. The highest BCUT2D eigenvalue weighted by molar-refractivity contribution is 7.32. The van der Waals surface area contributed by atoms with Crippen LogP contribution in [0.5, 0.6) is 0 Å². The van der Waals surface area contributed by atoms with Crippen LogP contribution >= 0.6 is 33.0 Å². The number of aromatic amines is 4. The third-order valence-electron chi connectivity index (χ3n) is 11.7. The zero-order chi connectivity index (χ0) is 57.7. The second-order valence-corrected chi connectivity index (χ2v) is 19.6. The van der Waals surface area contributed by atoms with E-state index >= 15 is 0 Å². The van der Waals surface area contributed by atoms with Crippen LogP contribution < -0.4 is 48.8 Å². The third kappa shape index (κ3) is 13.8. The van der Waals surface area contributed by atoms with Crippen molar-refractivity contribution in [2.75, 3.05) is 43.6 Å². The van der Waals surface area contributed by atoms with Gasteiger partial charge in [0, 0.05) is 41.8 Å². The van der Waals surface area contributed by atoms with Gasteiger partial charge in [0.1, 0.15) is 30.2 Å². The number of aliphatic hydroxyl groups excluding tert-OH is 4. The molecule has 4 fully saturated rings. The number of ether oxygens (including phenoxy) is 4. The van der Waals surface area contributed by atoms with Crippen molar-refractivity contribution in [3.63, 3.8) is 0 Å². The van der Waals surface area contributed by atoms with Crippen molar-refractivity contribution in [1.29, 1.82) is 0 Å². The molecule has 0 aromatic carbocycles. The van der Waals surface area contributed by atoms with Crippen LogP contribution in [0.3, 0.4) is 0 Å². The minimum absolute atomic E-state index is 0.0260. The van der Waals surface area contributed by atoms with Crippen LogP contribution in [-0.4, -0.2) is 164 Å². The summed E-state index contributed by atoms with van der Waals surface area (Å²) < 4.78 is 88.1. The van der Waals surface area contributed by atoms with Crippen molar-refractivity contribution in [2.24, 2.45) is 0 Å². The Morgan fingerprint density at radius 2 is 1.06 bits per heavy atom. The molecule has 6 aromatic rings. The fourth-order valence-electron chi connectivity index (χ4n) is 8.04. The molecule has 18 N–H and O–H groups in total. The second-order valence-electron chi connectivity index (χ2n) is 16.8. The number of imidazole rings is 2. The molecule has 10 rings (SSSR count). The van der Waals surface area contributed by atoms with Crippen molar-refractivity contribution in [3.8, 4) is 0 Å². The maximum absolute atomic E-state index is 11.7. The first-order valence-corrected chi connectivity index (χ1v) is 26.8. The average Bonchev–Trinajstić information content (AvgIpc) is 4.30. The number of aromatic nitrogens is 12. The molecule has 16 atom stereocenters. The molecule has 0 amide bonds. The largest absolute Gasteiger partial charge is 0.695 e. The van der Waals surface area contributed by atoms with Gasteiger partial charge in [0.2, 0.25) is 30.7 Å². The lowest BCUT2D eigenvalue weighted by molar-refractivity contribution is -0.745. The Morgan fingerprint density at radius 1 is 0.595 bits per heavy atom. The Hall–Kier alpha value is -6.38. The SMILES string of the molecule is Cc1cn([C@@H]2OC[C@@H](O)C2O[P+](=O)O)c(=O)[nH]c1=O.Cc1cn([C@@H]2OC[C@@H](O)C2O[P+](=O)O)c(=O)nc1N.Nc1[nH]c(=O)c2[nH]cnc2[n+]1[C@@H]1OC[C@@H](O)C1O[P+](=O)O.Nc1nc[n+]([C@@H]2OC[C@@H](O)C2O[P+](=O)O)c2nc[nH]c12. The van der Waals surface area contributed by atoms with Crippen LogP contribution in [0.15, 0.2) is 50.6 Å². The number of aryl methyl sites for hydroxylation is 2. The molecule has 4 aliphatic heterocycles. The Labute approximate surface area is 440 Å². The van der Waals surface area contributed by atoms with E-state index in [0.717, 1.165) is 9.13 Å². The van der Waals surface area contributed by atoms with Crippen molar-refractivity contribution in [1.82, 2.24) is 49.0 Å². The second kappa shape index (κ2) is 25.8. The molecule has 0 radical (unpaired) electrons. The molecule has 0 saturated carbocycles. The van der Waals surface area contributed by atoms with Gasteiger partial charge in [0.25, 0.3) is 16.9 Å². The predicted octanol–water partition coefficient (Wildman–Crippen LogP) is -5.37. The summed E-state index contributed by atoms with van der Waals surface area (Å²) in [5.74, 6) is 0.268. The van der Waals surface area contributed by atoms with E-state index in [1.807, 2.05) is 0 Å². The summed E-state index contributed by atoms with van der Waals surface area (Å²) in [5, 5.41) is 38.8. The summed E-state index contributed by atoms with van der Waals surface area (Å²) in [7, 11) is -11.7. The number of hydrogen-bond donors (Lipinski definition) is 15. The van der Waals surface area contributed by atoms with Gasteiger partial charge in [-0.3, -0.25) is 23.7 Å². The van der Waals surface area contributed by atoms with Gasteiger partial charge in [-0.15, -0.1) is 42.7 Å². The van der Waals surface area contributed by atoms with Gasteiger partial charge < -0.3 is 66.5 Å². The van der Waals surface area contributed by atoms with E-state index in [4.69, 9.17) is 64.8 Å². The lowest BCUT2D eigenvalue weighted by atomic mass is 10.2. The highest BCUT2D eigenvalue weighted by Gasteiger charge is 2.50. The minimum Gasteiger partial charge on any atom is -0.388 e. The number of fused-ring (bicyclic) bond motifs is 2. The normalized spacial score (nSPS) is 27.1. The third-order valence-corrected chi connectivity index (χ3v) is 13.3. The summed E-state index contributed by atoms with van der Waals surface area (Å²) >= 11 is 0. The molecular formula is C36H49N15O24P4+6. The van der Waals surface area contributed by atoms with E-state index in [0.29, 0.717) is 16.7 Å². The Balaban J connectivity index is 0.000000153. The number of aliphatic hydroxyl groups is 4. The molecule has 6 aromatic heterocycles. The summed E-state index contributed by atoms with van der Waals surface area (Å²) in [6.45, 7) is 2.73. The fourth-order valence-corrected chi connectivity index (χ4v) is 9.85. The molecule has 426 valence electrons. The number of hydrogen-bond acceptors (Lipinski definition) is 27. The lowest BCUT2D eigenvalue weighted by Crippen LogP contribution is -2.51.